The molecule has 0 aliphatic heterocycles. The summed E-state index contributed by atoms with van der Waals surface area (Å²) in [5, 5.41) is 0. The number of methoxy groups -OCH3 is 1. The standard InChI is InChI=1S/C15H24O2/c1-12(2)17-15-8-5-4-6-13(7-9-15)10-14(15)11-16-3/h7,9-10,12-13H,4-6,8,11H2,1-3H3/t13-,15-/m1/s1. The average Bonchev–Trinajstić information content (AvgIpc) is 2.24. The third-order valence-electron chi connectivity index (χ3n) is 3.65. The fraction of sp³-hybridized carbons (Fsp3) is 0.733. The molecule has 2 nitrogen and oxygen atoms in total. The van der Waals surface area contributed by atoms with E-state index in [1.165, 1.54) is 24.8 Å². The van der Waals surface area contributed by atoms with Crippen LogP contribution in [0.4, 0.5) is 0 Å². The Labute approximate surface area is 105 Å². The number of fused-ring (bicyclic) bond motifs is 3. The van der Waals surface area contributed by atoms with Crippen LogP contribution in [-0.2, 0) is 9.47 Å². The monoisotopic (exact) mass is 236 g/mol. The number of rotatable bonds is 4. The highest BCUT2D eigenvalue weighted by molar-refractivity contribution is 5.33. The second kappa shape index (κ2) is 5.36. The van der Waals surface area contributed by atoms with Gasteiger partial charge in [-0.05, 0) is 44.6 Å². The minimum absolute atomic E-state index is 0.193. The third-order valence-corrected chi connectivity index (χ3v) is 3.65. The molecule has 3 rings (SSSR count). The van der Waals surface area contributed by atoms with E-state index in [4.69, 9.17) is 9.47 Å². The lowest BCUT2D eigenvalue weighted by atomic mass is 9.77. The summed E-state index contributed by atoms with van der Waals surface area (Å²) >= 11 is 0. The molecule has 0 heterocycles. The molecule has 0 fully saturated rings. The van der Waals surface area contributed by atoms with Crippen LogP contribution in [0.3, 0.4) is 0 Å². The summed E-state index contributed by atoms with van der Waals surface area (Å²) in [5.74, 6) is 0.587. The van der Waals surface area contributed by atoms with E-state index in [-0.39, 0.29) is 11.7 Å². The molecule has 96 valence electrons. The molecule has 3 aliphatic carbocycles. The summed E-state index contributed by atoms with van der Waals surface area (Å²) in [6, 6.07) is 0. The lowest BCUT2D eigenvalue weighted by Crippen LogP contribution is -2.40. The van der Waals surface area contributed by atoms with E-state index in [0.29, 0.717) is 12.5 Å². The summed E-state index contributed by atoms with van der Waals surface area (Å²) in [7, 11) is 1.76. The number of hydrogen-bond acceptors (Lipinski definition) is 2. The lowest BCUT2D eigenvalue weighted by Gasteiger charge is -2.40. The zero-order valence-electron chi connectivity index (χ0n) is 11.2. The van der Waals surface area contributed by atoms with Crippen molar-refractivity contribution >= 4 is 0 Å². The molecule has 0 amide bonds. The van der Waals surface area contributed by atoms with Crippen molar-refractivity contribution in [2.75, 3.05) is 13.7 Å². The maximum Gasteiger partial charge on any atom is 0.110 e. The molecular formula is C15H24O2. The van der Waals surface area contributed by atoms with Gasteiger partial charge in [0.1, 0.15) is 5.60 Å². The van der Waals surface area contributed by atoms with Gasteiger partial charge < -0.3 is 9.47 Å². The highest BCUT2D eigenvalue weighted by atomic mass is 16.5. The fourth-order valence-electron chi connectivity index (χ4n) is 2.95. The topological polar surface area (TPSA) is 18.5 Å². The van der Waals surface area contributed by atoms with Gasteiger partial charge in [-0.25, -0.2) is 0 Å². The molecule has 2 heteroatoms. The summed E-state index contributed by atoms with van der Waals surface area (Å²) in [6.07, 6.45) is 12.1. The minimum Gasteiger partial charge on any atom is -0.380 e. The first-order chi connectivity index (χ1) is 8.16. The van der Waals surface area contributed by atoms with Gasteiger partial charge in [0.25, 0.3) is 0 Å². The highest BCUT2D eigenvalue weighted by Gasteiger charge is 2.37. The zero-order chi connectivity index (χ0) is 12.3. The Morgan fingerprint density at radius 1 is 1.41 bits per heavy atom. The van der Waals surface area contributed by atoms with Crippen molar-refractivity contribution in [2.45, 2.75) is 51.2 Å². The predicted octanol–water partition coefficient (Wildman–Crippen LogP) is 3.48. The van der Waals surface area contributed by atoms with E-state index in [1.54, 1.807) is 7.11 Å². The van der Waals surface area contributed by atoms with Gasteiger partial charge in [-0.1, -0.05) is 24.6 Å². The number of allylic oxidation sites excluding steroid dienone is 2. The van der Waals surface area contributed by atoms with Gasteiger partial charge in [0.2, 0.25) is 0 Å². The van der Waals surface area contributed by atoms with Crippen molar-refractivity contribution in [1.82, 2.24) is 0 Å². The maximum atomic E-state index is 6.23. The second-order valence-electron chi connectivity index (χ2n) is 5.45. The van der Waals surface area contributed by atoms with E-state index in [1.807, 2.05) is 0 Å². The van der Waals surface area contributed by atoms with Gasteiger partial charge >= 0.3 is 0 Å². The van der Waals surface area contributed by atoms with Gasteiger partial charge in [-0.2, -0.15) is 0 Å². The Kier molecular flexibility index (Phi) is 4.05. The lowest BCUT2D eigenvalue weighted by molar-refractivity contribution is -0.0394. The minimum atomic E-state index is -0.193. The Morgan fingerprint density at radius 3 is 2.94 bits per heavy atom. The van der Waals surface area contributed by atoms with E-state index >= 15 is 0 Å². The molecule has 2 atom stereocenters. The number of hydrogen-bond donors (Lipinski definition) is 0. The van der Waals surface area contributed by atoms with Crippen LogP contribution in [0.25, 0.3) is 0 Å². The van der Waals surface area contributed by atoms with Crippen LogP contribution in [0.1, 0.15) is 39.5 Å². The van der Waals surface area contributed by atoms with Crippen LogP contribution in [0, 0.1) is 5.92 Å². The van der Waals surface area contributed by atoms with Crippen molar-refractivity contribution in [2.24, 2.45) is 5.92 Å². The molecule has 0 aromatic heterocycles. The summed E-state index contributed by atoms with van der Waals surface area (Å²) in [5.41, 5.74) is 1.13. The smallest absolute Gasteiger partial charge is 0.110 e. The SMILES string of the molecule is COCC1=C[C@H]2C=C[C@]1(OC(C)C)CCCC2. The van der Waals surface area contributed by atoms with Gasteiger partial charge in [-0.15, -0.1) is 0 Å². The van der Waals surface area contributed by atoms with E-state index < -0.39 is 0 Å². The quantitative estimate of drug-likeness (QED) is 0.696. The normalized spacial score (nSPS) is 32.5. The Morgan fingerprint density at radius 2 is 2.24 bits per heavy atom. The van der Waals surface area contributed by atoms with E-state index in [2.05, 4.69) is 32.1 Å². The van der Waals surface area contributed by atoms with Crippen LogP contribution in [-0.4, -0.2) is 25.4 Å². The van der Waals surface area contributed by atoms with Crippen LogP contribution >= 0.6 is 0 Å². The molecule has 0 saturated heterocycles. The molecule has 0 saturated carbocycles. The molecule has 0 radical (unpaired) electrons. The van der Waals surface area contributed by atoms with Crippen molar-refractivity contribution in [3.63, 3.8) is 0 Å². The Hall–Kier alpha value is -0.600. The fourth-order valence-corrected chi connectivity index (χ4v) is 2.95. The van der Waals surface area contributed by atoms with Crippen molar-refractivity contribution in [3.8, 4) is 0 Å². The summed E-state index contributed by atoms with van der Waals surface area (Å²) in [6.45, 7) is 4.91. The van der Waals surface area contributed by atoms with Crippen LogP contribution in [0.5, 0.6) is 0 Å². The van der Waals surface area contributed by atoms with Gasteiger partial charge in [0.05, 0.1) is 12.7 Å². The number of ether oxygens (including phenoxy) is 2. The van der Waals surface area contributed by atoms with Crippen molar-refractivity contribution < 1.29 is 9.47 Å². The zero-order valence-corrected chi connectivity index (χ0v) is 11.2. The van der Waals surface area contributed by atoms with Gasteiger partial charge in [-0.3, -0.25) is 0 Å². The van der Waals surface area contributed by atoms with Crippen molar-refractivity contribution in [1.29, 1.82) is 0 Å². The highest BCUT2D eigenvalue weighted by Crippen LogP contribution is 2.39. The second-order valence-corrected chi connectivity index (χ2v) is 5.45. The maximum absolute atomic E-state index is 6.23. The third kappa shape index (κ3) is 2.80. The average molecular weight is 236 g/mol. The predicted molar refractivity (Wildman–Crippen MR) is 70.0 cm³/mol. The Balaban J connectivity index is 2.28. The summed E-state index contributed by atoms with van der Waals surface area (Å²) < 4.78 is 11.6. The van der Waals surface area contributed by atoms with Gasteiger partial charge in [0.15, 0.2) is 0 Å². The first kappa shape index (κ1) is 12.8. The van der Waals surface area contributed by atoms with E-state index in [9.17, 15) is 0 Å². The first-order valence-electron chi connectivity index (χ1n) is 6.73. The Bertz CT molecular complexity index is 317. The molecule has 0 aromatic rings. The molecule has 0 N–H and O–H groups in total. The largest absolute Gasteiger partial charge is 0.380 e. The molecule has 2 bridgehead atoms. The molecule has 0 unspecified atom stereocenters. The molecular weight excluding hydrogens is 212 g/mol. The molecule has 0 aromatic carbocycles. The van der Waals surface area contributed by atoms with Crippen LogP contribution in [0.2, 0.25) is 0 Å². The van der Waals surface area contributed by atoms with Gasteiger partial charge in [0, 0.05) is 7.11 Å². The molecule has 3 aliphatic rings. The summed E-state index contributed by atoms with van der Waals surface area (Å²) in [4.78, 5) is 0. The van der Waals surface area contributed by atoms with Crippen LogP contribution < -0.4 is 0 Å². The van der Waals surface area contributed by atoms with Crippen LogP contribution in [0.15, 0.2) is 23.8 Å². The molecule has 0 spiro atoms. The molecule has 17 heavy (non-hydrogen) atoms. The van der Waals surface area contributed by atoms with E-state index in [0.717, 1.165) is 6.42 Å². The first-order valence-corrected chi connectivity index (χ1v) is 6.73. The van der Waals surface area contributed by atoms with Crippen molar-refractivity contribution in [3.05, 3.63) is 23.8 Å².